The molecule has 1 aliphatic heterocycles. The first kappa shape index (κ1) is 10.3. The van der Waals surface area contributed by atoms with Crippen LogP contribution >= 0.6 is 0 Å². The summed E-state index contributed by atoms with van der Waals surface area (Å²) in [6.07, 6.45) is 6.23. The van der Waals surface area contributed by atoms with E-state index in [2.05, 4.69) is 6.19 Å². The summed E-state index contributed by atoms with van der Waals surface area (Å²) in [5, 5.41) is 17.7. The van der Waals surface area contributed by atoms with Crippen molar-refractivity contribution < 1.29 is 5.11 Å². The molecule has 0 radical (unpaired) electrons. The summed E-state index contributed by atoms with van der Waals surface area (Å²) in [7, 11) is 0. The van der Waals surface area contributed by atoms with E-state index in [1.165, 1.54) is 0 Å². The van der Waals surface area contributed by atoms with E-state index in [9.17, 15) is 0 Å². The van der Waals surface area contributed by atoms with Gasteiger partial charge in [-0.05, 0) is 38.5 Å². The van der Waals surface area contributed by atoms with E-state index in [4.69, 9.17) is 10.4 Å². The average molecular weight is 182 g/mol. The molecule has 0 spiro atoms. The number of rotatable bonds is 3. The number of nitriles is 1. The molecule has 0 aliphatic carbocycles. The Morgan fingerprint density at radius 2 is 2.15 bits per heavy atom. The summed E-state index contributed by atoms with van der Waals surface area (Å²) >= 11 is 0. The van der Waals surface area contributed by atoms with Crippen LogP contribution in [0.2, 0.25) is 0 Å². The van der Waals surface area contributed by atoms with Crippen molar-refractivity contribution in [1.29, 1.82) is 5.26 Å². The lowest BCUT2D eigenvalue weighted by atomic mass is 9.91. The van der Waals surface area contributed by atoms with Crippen molar-refractivity contribution in [1.82, 2.24) is 4.90 Å². The fraction of sp³-hybridized carbons (Fsp3) is 0.900. The van der Waals surface area contributed by atoms with Crippen LogP contribution < -0.4 is 0 Å². The molecular formula is C10H18N2O. The summed E-state index contributed by atoms with van der Waals surface area (Å²) in [5.74, 6) is 0.721. The molecule has 3 heteroatoms. The van der Waals surface area contributed by atoms with Crippen molar-refractivity contribution in [2.24, 2.45) is 5.92 Å². The molecule has 3 nitrogen and oxygen atoms in total. The average Bonchev–Trinajstić information content (AvgIpc) is 2.15. The Balaban J connectivity index is 2.15. The van der Waals surface area contributed by atoms with Crippen molar-refractivity contribution >= 4 is 0 Å². The van der Waals surface area contributed by atoms with Gasteiger partial charge in [-0.3, -0.25) is 0 Å². The maximum atomic E-state index is 9.12. The van der Waals surface area contributed by atoms with Crippen molar-refractivity contribution in [2.45, 2.75) is 38.7 Å². The maximum Gasteiger partial charge on any atom is 0.179 e. The van der Waals surface area contributed by atoms with E-state index < -0.39 is 0 Å². The number of aliphatic hydroxyl groups is 1. The molecule has 1 fully saturated rings. The summed E-state index contributed by atoms with van der Waals surface area (Å²) in [6, 6.07) is 0. The Morgan fingerprint density at radius 3 is 2.62 bits per heavy atom. The van der Waals surface area contributed by atoms with Crippen LogP contribution in [0.15, 0.2) is 0 Å². The monoisotopic (exact) mass is 182 g/mol. The molecule has 1 atom stereocenters. The second kappa shape index (κ2) is 5.08. The Bertz CT molecular complexity index is 178. The van der Waals surface area contributed by atoms with Gasteiger partial charge in [-0.1, -0.05) is 0 Å². The normalized spacial score (nSPS) is 21.2. The van der Waals surface area contributed by atoms with Gasteiger partial charge in [-0.2, -0.15) is 5.26 Å². The third-order valence-electron chi connectivity index (χ3n) is 2.75. The van der Waals surface area contributed by atoms with E-state index in [-0.39, 0.29) is 6.10 Å². The molecule has 1 aliphatic rings. The third kappa shape index (κ3) is 3.65. The fourth-order valence-corrected chi connectivity index (χ4v) is 1.80. The number of likely N-dealkylation sites (tertiary alicyclic amines) is 1. The number of nitrogens with zero attached hydrogens (tertiary/aromatic N) is 2. The standard InChI is InChI=1S/C10H18N2O/c1-9(13)2-3-10-4-6-12(8-11)7-5-10/h9-10,13H,2-7H2,1H3/t9-/m1/s1. The van der Waals surface area contributed by atoms with Crippen LogP contribution in [0.1, 0.15) is 32.6 Å². The lowest BCUT2D eigenvalue weighted by molar-refractivity contribution is 0.159. The first-order valence-electron chi connectivity index (χ1n) is 5.05. The molecule has 0 amide bonds. The molecule has 13 heavy (non-hydrogen) atoms. The van der Waals surface area contributed by atoms with Crippen LogP contribution in [0.25, 0.3) is 0 Å². The van der Waals surface area contributed by atoms with Gasteiger partial charge in [-0.15, -0.1) is 0 Å². The first-order valence-corrected chi connectivity index (χ1v) is 5.05. The number of hydrogen-bond donors (Lipinski definition) is 1. The van der Waals surface area contributed by atoms with Crippen LogP contribution in [0.4, 0.5) is 0 Å². The highest BCUT2D eigenvalue weighted by atomic mass is 16.3. The van der Waals surface area contributed by atoms with Crippen LogP contribution in [0.3, 0.4) is 0 Å². The Hall–Kier alpha value is -0.750. The molecule has 0 aromatic carbocycles. The van der Waals surface area contributed by atoms with Gasteiger partial charge in [0.15, 0.2) is 6.19 Å². The first-order chi connectivity index (χ1) is 6.22. The molecular weight excluding hydrogens is 164 g/mol. The molecule has 1 heterocycles. The largest absolute Gasteiger partial charge is 0.393 e. The Labute approximate surface area is 80.0 Å². The van der Waals surface area contributed by atoms with Gasteiger partial charge in [-0.25, -0.2) is 0 Å². The number of aliphatic hydroxyl groups excluding tert-OH is 1. The SMILES string of the molecule is C[C@@H](O)CCC1CCN(C#N)CC1. The third-order valence-corrected chi connectivity index (χ3v) is 2.75. The molecule has 0 bridgehead atoms. The maximum absolute atomic E-state index is 9.12. The summed E-state index contributed by atoms with van der Waals surface area (Å²) in [4.78, 5) is 1.82. The van der Waals surface area contributed by atoms with Gasteiger partial charge >= 0.3 is 0 Å². The lowest BCUT2D eigenvalue weighted by Crippen LogP contribution is -2.30. The van der Waals surface area contributed by atoms with Gasteiger partial charge in [0, 0.05) is 13.1 Å². The van der Waals surface area contributed by atoms with Crippen LogP contribution in [0.5, 0.6) is 0 Å². The molecule has 1 saturated heterocycles. The topological polar surface area (TPSA) is 47.3 Å². The predicted molar refractivity (Wildman–Crippen MR) is 50.8 cm³/mol. The van der Waals surface area contributed by atoms with Crippen molar-refractivity contribution in [3.05, 3.63) is 0 Å². The highest BCUT2D eigenvalue weighted by molar-refractivity contribution is 4.80. The highest BCUT2D eigenvalue weighted by Gasteiger charge is 2.18. The molecule has 1 N–H and O–H groups in total. The Kier molecular flexibility index (Phi) is 4.04. The van der Waals surface area contributed by atoms with Gasteiger partial charge in [0.1, 0.15) is 0 Å². The van der Waals surface area contributed by atoms with Crippen LogP contribution in [0, 0.1) is 17.4 Å². The molecule has 0 aromatic rings. The molecule has 74 valence electrons. The zero-order chi connectivity index (χ0) is 9.68. The predicted octanol–water partition coefficient (Wildman–Crippen LogP) is 1.34. The van der Waals surface area contributed by atoms with Crippen molar-refractivity contribution in [3.8, 4) is 6.19 Å². The summed E-state index contributed by atoms with van der Waals surface area (Å²) < 4.78 is 0. The van der Waals surface area contributed by atoms with E-state index in [1.54, 1.807) is 0 Å². The smallest absolute Gasteiger partial charge is 0.179 e. The van der Waals surface area contributed by atoms with E-state index >= 15 is 0 Å². The zero-order valence-electron chi connectivity index (χ0n) is 8.24. The molecule has 1 rings (SSSR count). The lowest BCUT2D eigenvalue weighted by Gasteiger charge is -2.28. The highest BCUT2D eigenvalue weighted by Crippen LogP contribution is 2.21. The van der Waals surface area contributed by atoms with Crippen LogP contribution in [-0.4, -0.2) is 29.2 Å². The summed E-state index contributed by atoms with van der Waals surface area (Å²) in [6.45, 7) is 3.65. The minimum absolute atomic E-state index is 0.172. The van der Waals surface area contributed by atoms with Crippen molar-refractivity contribution in [2.75, 3.05) is 13.1 Å². The molecule has 0 unspecified atom stereocenters. The summed E-state index contributed by atoms with van der Waals surface area (Å²) in [5.41, 5.74) is 0. The van der Waals surface area contributed by atoms with E-state index in [1.807, 2.05) is 11.8 Å². The second-order valence-electron chi connectivity index (χ2n) is 3.96. The zero-order valence-corrected chi connectivity index (χ0v) is 8.24. The van der Waals surface area contributed by atoms with E-state index in [0.29, 0.717) is 0 Å². The van der Waals surface area contributed by atoms with E-state index in [0.717, 1.165) is 44.7 Å². The second-order valence-corrected chi connectivity index (χ2v) is 3.96. The van der Waals surface area contributed by atoms with Gasteiger partial charge in [0.05, 0.1) is 6.10 Å². The minimum atomic E-state index is -0.172. The number of hydrogen-bond acceptors (Lipinski definition) is 3. The minimum Gasteiger partial charge on any atom is -0.393 e. The molecule has 0 aromatic heterocycles. The van der Waals surface area contributed by atoms with Crippen LogP contribution in [-0.2, 0) is 0 Å². The van der Waals surface area contributed by atoms with Gasteiger partial charge in [0.25, 0.3) is 0 Å². The van der Waals surface area contributed by atoms with Gasteiger partial charge in [0.2, 0.25) is 0 Å². The fourth-order valence-electron chi connectivity index (χ4n) is 1.80. The van der Waals surface area contributed by atoms with Crippen molar-refractivity contribution in [3.63, 3.8) is 0 Å². The molecule has 0 saturated carbocycles. The Morgan fingerprint density at radius 1 is 1.54 bits per heavy atom. The quantitative estimate of drug-likeness (QED) is 0.670. The number of piperidine rings is 1. The van der Waals surface area contributed by atoms with Gasteiger partial charge < -0.3 is 10.0 Å².